The van der Waals surface area contributed by atoms with E-state index in [-0.39, 0.29) is 6.03 Å². The highest BCUT2D eigenvalue weighted by Gasteiger charge is 2.43. The van der Waals surface area contributed by atoms with Gasteiger partial charge in [0.05, 0.1) is 0 Å². The Hall–Kier alpha value is -2.04. The summed E-state index contributed by atoms with van der Waals surface area (Å²) in [6, 6.07) is 7.65. The summed E-state index contributed by atoms with van der Waals surface area (Å²) in [6.45, 7) is 1.11. The van der Waals surface area contributed by atoms with Gasteiger partial charge >= 0.3 is 12.0 Å². The second kappa shape index (κ2) is 4.81. The molecule has 0 saturated heterocycles. The van der Waals surface area contributed by atoms with Gasteiger partial charge in [-0.3, -0.25) is 0 Å². The van der Waals surface area contributed by atoms with Crippen LogP contribution >= 0.6 is 0 Å². The number of carbonyl (C=O) groups excluding carboxylic acids is 1. The molecule has 1 aliphatic carbocycles. The number of hydrogen-bond acceptors (Lipinski definition) is 2. The van der Waals surface area contributed by atoms with Crippen LogP contribution in [0.2, 0.25) is 0 Å². The van der Waals surface area contributed by atoms with E-state index in [9.17, 15) is 14.7 Å². The topological polar surface area (TPSA) is 69.6 Å². The lowest BCUT2D eigenvalue weighted by Gasteiger charge is -2.28. The fourth-order valence-corrected chi connectivity index (χ4v) is 3.13. The molecule has 1 aromatic rings. The molecule has 106 valence electrons. The highest BCUT2D eigenvalue weighted by atomic mass is 16.4. The summed E-state index contributed by atoms with van der Waals surface area (Å²) in [7, 11) is 0. The first-order chi connectivity index (χ1) is 9.61. The number of fused-ring (bicyclic) bond motifs is 1. The number of aliphatic carboxylic acids is 1. The molecule has 3 rings (SSSR count). The number of nitrogens with zero attached hydrogens (tertiary/aromatic N) is 1. The first-order valence-electron chi connectivity index (χ1n) is 6.98. The van der Waals surface area contributed by atoms with Crippen molar-refractivity contribution in [2.24, 2.45) is 0 Å². The van der Waals surface area contributed by atoms with Gasteiger partial charge in [0.1, 0.15) is 5.54 Å². The van der Waals surface area contributed by atoms with E-state index in [1.807, 2.05) is 24.3 Å². The number of amides is 2. The van der Waals surface area contributed by atoms with E-state index in [0.29, 0.717) is 25.9 Å². The predicted molar refractivity (Wildman–Crippen MR) is 73.1 cm³/mol. The molecule has 20 heavy (non-hydrogen) atoms. The first kappa shape index (κ1) is 13.0. The van der Waals surface area contributed by atoms with Gasteiger partial charge in [0.15, 0.2) is 0 Å². The number of hydrogen-bond donors (Lipinski definition) is 2. The summed E-state index contributed by atoms with van der Waals surface area (Å²) in [5.74, 6) is -0.917. The molecule has 1 fully saturated rings. The summed E-state index contributed by atoms with van der Waals surface area (Å²) in [5.41, 5.74) is 1.21. The number of carboxylic acid groups (broad SMARTS) is 1. The Balaban J connectivity index is 1.71. The van der Waals surface area contributed by atoms with E-state index in [2.05, 4.69) is 5.32 Å². The minimum Gasteiger partial charge on any atom is -0.480 e. The Morgan fingerprint density at radius 2 is 1.65 bits per heavy atom. The number of nitrogens with one attached hydrogen (secondary N) is 1. The van der Waals surface area contributed by atoms with Gasteiger partial charge in [-0.2, -0.15) is 0 Å². The number of carbonyl (C=O) groups is 2. The van der Waals surface area contributed by atoms with E-state index in [1.54, 1.807) is 4.90 Å². The molecule has 0 aromatic heterocycles. The Morgan fingerprint density at radius 1 is 1.10 bits per heavy atom. The van der Waals surface area contributed by atoms with E-state index < -0.39 is 11.5 Å². The largest absolute Gasteiger partial charge is 0.480 e. The van der Waals surface area contributed by atoms with Crippen LogP contribution in [-0.2, 0) is 17.9 Å². The van der Waals surface area contributed by atoms with Crippen molar-refractivity contribution < 1.29 is 14.7 Å². The van der Waals surface area contributed by atoms with Gasteiger partial charge in [-0.25, -0.2) is 9.59 Å². The van der Waals surface area contributed by atoms with Crippen LogP contribution in [0.5, 0.6) is 0 Å². The lowest BCUT2D eigenvalue weighted by Crippen LogP contribution is -2.55. The van der Waals surface area contributed by atoms with Crippen LogP contribution in [0.4, 0.5) is 4.79 Å². The molecular formula is C15H18N2O3. The van der Waals surface area contributed by atoms with Crippen LogP contribution in [0, 0.1) is 0 Å². The second-order valence-corrected chi connectivity index (χ2v) is 5.65. The van der Waals surface area contributed by atoms with Gasteiger partial charge in [-0.15, -0.1) is 0 Å². The van der Waals surface area contributed by atoms with Crippen LogP contribution < -0.4 is 5.32 Å². The highest BCUT2D eigenvalue weighted by molar-refractivity contribution is 5.86. The molecule has 1 aromatic carbocycles. The fraction of sp³-hybridized carbons (Fsp3) is 0.467. The van der Waals surface area contributed by atoms with E-state index >= 15 is 0 Å². The maximum absolute atomic E-state index is 12.3. The molecule has 1 saturated carbocycles. The zero-order valence-electron chi connectivity index (χ0n) is 11.3. The molecule has 2 N–H and O–H groups in total. The molecule has 1 heterocycles. The normalized spacial score (nSPS) is 19.7. The van der Waals surface area contributed by atoms with Crippen LogP contribution in [0.15, 0.2) is 24.3 Å². The Morgan fingerprint density at radius 3 is 2.15 bits per heavy atom. The fourth-order valence-electron chi connectivity index (χ4n) is 3.13. The third kappa shape index (κ3) is 2.13. The maximum Gasteiger partial charge on any atom is 0.329 e. The van der Waals surface area contributed by atoms with Crippen molar-refractivity contribution in [3.63, 3.8) is 0 Å². The molecule has 5 heteroatoms. The quantitative estimate of drug-likeness (QED) is 0.867. The van der Waals surface area contributed by atoms with Crippen LogP contribution in [0.25, 0.3) is 0 Å². The van der Waals surface area contributed by atoms with Crippen molar-refractivity contribution in [1.29, 1.82) is 0 Å². The third-order valence-electron chi connectivity index (χ3n) is 4.34. The molecule has 1 aliphatic heterocycles. The SMILES string of the molecule is O=C(NC1(C(=O)O)CCCC1)N1Cc2ccccc2C1. The molecule has 0 radical (unpaired) electrons. The molecular weight excluding hydrogens is 256 g/mol. The minimum atomic E-state index is -1.06. The molecule has 0 spiro atoms. The zero-order valence-corrected chi connectivity index (χ0v) is 11.3. The molecule has 2 aliphatic rings. The third-order valence-corrected chi connectivity index (χ3v) is 4.34. The first-order valence-corrected chi connectivity index (χ1v) is 6.98. The van der Waals surface area contributed by atoms with E-state index in [1.165, 1.54) is 0 Å². The summed E-state index contributed by atoms with van der Waals surface area (Å²) < 4.78 is 0. The predicted octanol–water partition coefficient (Wildman–Crippen LogP) is 2.11. The van der Waals surface area contributed by atoms with Gasteiger partial charge in [0.25, 0.3) is 0 Å². The standard InChI is InChI=1S/C15H18N2O3/c18-13(19)15(7-3-4-8-15)16-14(20)17-9-11-5-1-2-6-12(11)10-17/h1-2,5-6H,3-4,7-10H2,(H,16,20)(H,18,19). The van der Waals surface area contributed by atoms with Crippen LogP contribution in [0.3, 0.4) is 0 Å². The average molecular weight is 274 g/mol. The molecule has 0 atom stereocenters. The van der Waals surface area contributed by atoms with Crippen molar-refractivity contribution in [2.75, 3.05) is 0 Å². The Labute approximate surface area is 117 Å². The maximum atomic E-state index is 12.3. The van der Waals surface area contributed by atoms with Gasteiger partial charge in [-0.05, 0) is 24.0 Å². The van der Waals surface area contributed by atoms with E-state index in [0.717, 1.165) is 24.0 Å². The highest BCUT2D eigenvalue weighted by Crippen LogP contribution is 2.31. The van der Waals surface area contributed by atoms with Crippen LogP contribution in [-0.4, -0.2) is 27.5 Å². The summed E-state index contributed by atoms with van der Waals surface area (Å²) >= 11 is 0. The molecule has 5 nitrogen and oxygen atoms in total. The van der Waals surface area contributed by atoms with Crippen molar-refractivity contribution in [2.45, 2.75) is 44.3 Å². The monoisotopic (exact) mass is 274 g/mol. The molecule has 0 bridgehead atoms. The number of benzene rings is 1. The second-order valence-electron chi connectivity index (χ2n) is 5.65. The van der Waals surface area contributed by atoms with Crippen LogP contribution in [0.1, 0.15) is 36.8 Å². The molecule has 0 unspecified atom stereocenters. The summed E-state index contributed by atoms with van der Waals surface area (Å²) in [4.78, 5) is 25.5. The summed E-state index contributed by atoms with van der Waals surface area (Å²) in [5, 5.41) is 12.2. The number of carboxylic acids is 1. The van der Waals surface area contributed by atoms with Gasteiger partial charge in [-0.1, -0.05) is 37.1 Å². The van der Waals surface area contributed by atoms with Gasteiger partial charge in [0.2, 0.25) is 0 Å². The Kier molecular flexibility index (Phi) is 3.12. The van der Waals surface area contributed by atoms with E-state index in [4.69, 9.17) is 0 Å². The van der Waals surface area contributed by atoms with Gasteiger partial charge in [0, 0.05) is 13.1 Å². The minimum absolute atomic E-state index is 0.273. The Bertz CT molecular complexity index is 525. The zero-order chi connectivity index (χ0) is 14.2. The van der Waals surface area contributed by atoms with Gasteiger partial charge < -0.3 is 15.3 Å². The van der Waals surface area contributed by atoms with Crippen molar-refractivity contribution in [3.05, 3.63) is 35.4 Å². The number of urea groups is 1. The summed E-state index contributed by atoms with van der Waals surface area (Å²) in [6.07, 6.45) is 2.75. The number of rotatable bonds is 2. The smallest absolute Gasteiger partial charge is 0.329 e. The lowest BCUT2D eigenvalue weighted by molar-refractivity contribution is -0.144. The van der Waals surface area contributed by atoms with Crippen molar-refractivity contribution in [1.82, 2.24) is 10.2 Å². The van der Waals surface area contributed by atoms with Crippen molar-refractivity contribution in [3.8, 4) is 0 Å². The lowest BCUT2D eigenvalue weighted by atomic mass is 9.98. The molecule has 2 amide bonds. The van der Waals surface area contributed by atoms with Crippen molar-refractivity contribution >= 4 is 12.0 Å². The average Bonchev–Trinajstić information content (AvgIpc) is 3.05.